The topological polar surface area (TPSA) is 76.0 Å². The van der Waals surface area contributed by atoms with Crippen LogP contribution in [0.5, 0.6) is 0 Å². The first kappa shape index (κ1) is 11.9. The van der Waals surface area contributed by atoms with E-state index in [-0.39, 0.29) is 0 Å². The molecule has 2 rings (SSSR count). The molecule has 0 bridgehead atoms. The van der Waals surface area contributed by atoms with Gasteiger partial charge in [0.25, 0.3) is 0 Å². The molecule has 0 saturated carbocycles. The first-order valence-electron chi connectivity index (χ1n) is 5.18. The molecule has 0 saturated heterocycles. The second kappa shape index (κ2) is 4.01. The smallest absolute Gasteiger partial charge is 0.224 e. The van der Waals surface area contributed by atoms with Gasteiger partial charge < -0.3 is 4.98 Å². The van der Waals surface area contributed by atoms with Gasteiger partial charge in [-0.05, 0) is 24.6 Å². The van der Waals surface area contributed by atoms with Crippen LogP contribution in [0.15, 0.2) is 48.7 Å². The number of nitrogens with two attached hydrogens (primary N) is 1. The van der Waals surface area contributed by atoms with Gasteiger partial charge in [0.2, 0.25) is 10.0 Å². The predicted octanol–water partition coefficient (Wildman–Crippen LogP) is 1.57. The molecule has 0 aliphatic heterocycles. The molecule has 0 radical (unpaired) electrons. The summed E-state index contributed by atoms with van der Waals surface area (Å²) in [4.78, 5) is 2.92. The van der Waals surface area contributed by atoms with Crippen LogP contribution in [0.25, 0.3) is 0 Å². The average molecular weight is 250 g/mol. The Morgan fingerprint density at radius 2 is 1.76 bits per heavy atom. The van der Waals surface area contributed by atoms with E-state index >= 15 is 0 Å². The molecule has 1 aromatic carbocycles. The van der Waals surface area contributed by atoms with Crippen LogP contribution >= 0.6 is 0 Å². The first-order chi connectivity index (χ1) is 7.96. The molecular weight excluding hydrogens is 236 g/mol. The summed E-state index contributed by atoms with van der Waals surface area (Å²) in [7, 11) is -3.77. The van der Waals surface area contributed by atoms with Crippen molar-refractivity contribution in [2.75, 3.05) is 0 Å². The summed E-state index contributed by atoms with van der Waals surface area (Å²) in [6, 6.07) is 12.4. The molecule has 3 N–H and O–H groups in total. The molecule has 0 fully saturated rings. The van der Waals surface area contributed by atoms with E-state index < -0.39 is 14.8 Å². The highest BCUT2D eigenvalue weighted by molar-refractivity contribution is 7.90. The summed E-state index contributed by atoms with van der Waals surface area (Å²) < 4.78 is 22.6. The van der Waals surface area contributed by atoms with Crippen LogP contribution in [-0.2, 0) is 14.8 Å². The maximum absolute atomic E-state index is 11.9. The Morgan fingerprint density at radius 1 is 1.12 bits per heavy atom. The highest BCUT2D eigenvalue weighted by Gasteiger charge is 2.41. The first-order valence-corrected chi connectivity index (χ1v) is 6.72. The lowest BCUT2D eigenvalue weighted by Crippen LogP contribution is -2.39. The Morgan fingerprint density at radius 3 is 2.24 bits per heavy atom. The van der Waals surface area contributed by atoms with Crippen LogP contribution in [-0.4, -0.2) is 13.4 Å². The fourth-order valence-corrected chi connectivity index (χ4v) is 2.75. The summed E-state index contributed by atoms with van der Waals surface area (Å²) in [5.74, 6) is 0. The number of H-pyrrole nitrogens is 1. The third-order valence-electron chi connectivity index (χ3n) is 3.01. The Bertz CT molecular complexity index is 591. The van der Waals surface area contributed by atoms with Gasteiger partial charge in [-0.15, -0.1) is 0 Å². The number of aromatic amines is 1. The van der Waals surface area contributed by atoms with Gasteiger partial charge in [0.15, 0.2) is 0 Å². The fraction of sp³-hybridized carbons (Fsp3) is 0.167. The van der Waals surface area contributed by atoms with Crippen molar-refractivity contribution in [1.29, 1.82) is 0 Å². The second-order valence-corrected chi connectivity index (χ2v) is 5.93. The molecule has 0 amide bonds. The summed E-state index contributed by atoms with van der Waals surface area (Å²) in [5.41, 5.74) is 1.20. The number of nitrogens with one attached hydrogen (secondary N) is 1. The number of rotatable bonds is 3. The Labute approximate surface area is 101 Å². The van der Waals surface area contributed by atoms with Gasteiger partial charge in [-0.3, -0.25) is 0 Å². The average Bonchev–Trinajstić information content (AvgIpc) is 2.81. The maximum Gasteiger partial charge on any atom is 0.224 e. The van der Waals surface area contributed by atoms with Gasteiger partial charge >= 0.3 is 0 Å². The summed E-state index contributed by atoms with van der Waals surface area (Å²) in [6.45, 7) is 1.60. The molecule has 4 nitrogen and oxygen atoms in total. The van der Waals surface area contributed by atoms with Crippen molar-refractivity contribution in [2.24, 2.45) is 5.14 Å². The SMILES string of the molecule is CC(c1ccccc1)(c1ccc[nH]1)S(N)(=O)=O. The largest absolute Gasteiger partial charge is 0.363 e. The van der Waals surface area contributed by atoms with Gasteiger partial charge in [-0.2, -0.15) is 0 Å². The van der Waals surface area contributed by atoms with Crippen molar-refractivity contribution in [3.05, 3.63) is 59.9 Å². The van der Waals surface area contributed by atoms with Gasteiger partial charge in [-0.1, -0.05) is 30.3 Å². The predicted molar refractivity (Wildman–Crippen MR) is 66.8 cm³/mol. The lowest BCUT2D eigenvalue weighted by molar-refractivity contribution is 0.563. The third-order valence-corrected chi connectivity index (χ3v) is 4.60. The Hall–Kier alpha value is -1.59. The summed E-state index contributed by atoms with van der Waals surface area (Å²) in [5, 5.41) is 5.39. The van der Waals surface area contributed by atoms with Gasteiger partial charge in [0.1, 0.15) is 4.75 Å². The molecule has 0 spiro atoms. The van der Waals surface area contributed by atoms with Crippen LogP contribution < -0.4 is 5.14 Å². The lowest BCUT2D eigenvalue weighted by atomic mass is 9.97. The molecule has 1 heterocycles. The minimum absolute atomic E-state index is 0.561. The molecule has 17 heavy (non-hydrogen) atoms. The highest BCUT2D eigenvalue weighted by Crippen LogP contribution is 2.34. The Kier molecular flexibility index (Phi) is 2.81. The van der Waals surface area contributed by atoms with Crippen LogP contribution in [0.3, 0.4) is 0 Å². The number of primary sulfonamides is 1. The van der Waals surface area contributed by atoms with Crippen LogP contribution in [0.1, 0.15) is 18.2 Å². The van der Waals surface area contributed by atoms with Crippen molar-refractivity contribution in [1.82, 2.24) is 4.98 Å². The van der Waals surface area contributed by atoms with Crippen LogP contribution in [0.2, 0.25) is 0 Å². The van der Waals surface area contributed by atoms with E-state index in [2.05, 4.69) is 4.98 Å². The molecule has 0 aliphatic rings. The zero-order chi connectivity index (χ0) is 12.5. The van der Waals surface area contributed by atoms with E-state index in [1.807, 2.05) is 6.07 Å². The number of benzene rings is 1. The van der Waals surface area contributed by atoms with E-state index in [1.54, 1.807) is 49.5 Å². The third kappa shape index (κ3) is 1.87. The monoisotopic (exact) mass is 250 g/mol. The molecule has 1 unspecified atom stereocenters. The van der Waals surface area contributed by atoms with Gasteiger partial charge in [0.05, 0.1) is 0 Å². The van der Waals surface area contributed by atoms with E-state index in [4.69, 9.17) is 5.14 Å². The number of aromatic nitrogens is 1. The standard InChI is InChI=1S/C12H14N2O2S/c1-12(17(13,15)16,11-8-5-9-14-11)10-6-3-2-4-7-10/h2-9,14H,1H3,(H2,13,15,16). The quantitative estimate of drug-likeness (QED) is 0.867. The van der Waals surface area contributed by atoms with Crippen LogP contribution in [0.4, 0.5) is 0 Å². The van der Waals surface area contributed by atoms with Crippen LogP contribution in [0, 0.1) is 0 Å². The minimum atomic E-state index is -3.77. The number of hydrogen-bond acceptors (Lipinski definition) is 2. The summed E-state index contributed by atoms with van der Waals surface area (Å²) in [6.07, 6.45) is 1.68. The molecule has 5 heteroatoms. The van der Waals surface area contributed by atoms with E-state index in [9.17, 15) is 8.42 Å². The normalized spacial score (nSPS) is 15.4. The number of sulfonamides is 1. The number of hydrogen-bond donors (Lipinski definition) is 2. The molecule has 2 aromatic rings. The maximum atomic E-state index is 11.9. The molecule has 0 aliphatic carbocycles. The second-order valence-electron chi connectivity index (χ2n) is 4.03. The van der Waals surface area contributed by atoms with Gasteiger partial charge in [0, 0.05) is 11.9 Å². The lowest BCUT2D eigenvalue weighted by Gasteiger charge is -2.26. The van der Waals surface area contributed by atoms with E-state index in [0.29, 0.717) is 11.3 Å². The highest BCUT2D eigenvalue weighted by atomic mass is 32.2. The van der Waals surface area contributed by atoms with Crippen molar-refractivity contribution >= 4 is 10.0 Å². The van der Waals surface area contributed by atoms with Crippen molar-refractivity contribution < 1.29 is 8.42 Å². The summed E-state index contributed by atoms with van der Waals surface area (Å²) >= 11 is 0. The van der Waals surface area contributed by atoms with Crippen molar-refractivity contribution in [3.63, 3.8) is 0 Å². The minimum Gasteiger partial charge on any atom is -0.363 e. The molecule has 1 aromatic heterocycles. The van der Waals surface area contributed by atoms with Crippen molar-refractivity contribution in [3.8, 4) is 0 Å². The van der Waals surface area contributed by atoms with E-state index in [1.165, 1.54) is 0 Å². The molecule has 1 atom stereocenters. The molecule has 90 valence electrons. The zero-order valence-corrected chi connectivity index (χ0v) is 10.2. The Balaban J connectivity index is 2.70. The zero-order valence-electron chi connectivity index (χ0n) is 9.42. The fourth-order valence-electron chi connectivity index (χ4n) is 1.86. The van der Waals surface area contributed by atoms with Gasteiger partial charge in [-0.25, -0.2) is 13.6 Å². The molecular formula is C12H14N2O2S. The van der Waals surface area contributed by atoms with E-state index in [0.717, 1.165) is 0 Å². The van der Waals surface area contributed by atoms with Crippen molar-refractivity contribution in [2.45, 2.75) is 11.7 Å².